The van der Waals surface area contributed by atoms with E-state index >= 15 is 0 Å². The van der Waals surface area contributed by atoms with Gasteiger partial charge in [-0.3, -0.25) is 0 Å². The van der Waals surface area contributed by atoms with Crippen molar-refractivity contribution in [1.29, 1.82) is 0 Å². The molecule has 4 nitrogen and oxygen atoms in total. The molecule has 4 atom stereocenters. The van der Waals surface area contributed by atoms with Crippen LogP contribution >= 0.6 is 0 Å². The van der Waals surface area contributed by atoms with Gasteiger partial charge in [-0.15, -0.1) is 0 Å². The Morgan fingerprint density at radius 1 is 1.38 bits per heavy atom. The summed E-state index contributed by atoms with van der Waals surface area (Å²) in [4.78, 5) is 0. The Morgan fingerprint density at radius 3 is 2.77 bits per heavy atom. The summed E-state index contributed by atoms with van der Waals surface area (Å²) in [6.45, 7) is 2.54. The predicted octanol–water partition coefficient (Wildman–Crippen LogP) is -0.119. The van der Waals surface area contributed by atoms with E-state index in [0.717, 1.165) is 12.8 Å². The second-order valence-corrected chi connectivity index (χ2v) is 3.97. The average Bonchev–Trinajstić information content (AvgIpc) is 2.54. The van der Waals surface area contributed by atoms with Gasteiger partial charge in [0.15, 0.2) is 6.29 Å². The molecule has 0 aromatic heterocycles. The predicted molar refractivity (Wildman–Crippen MR) is 45.0 cm³/mol. The fourth-order valence-electron chi connectivity index (χ4n) is 2.26. The monoisotopic (exact) mass is 188 g/mol. The molecule has 13 heavy (non-hydrogen) atoms. The zero-order valence-corrected chi connectivity index (χ0v) is 7.77. The molecule has 0 bridgehead atoms. The van der Waals surface area contributed by atoms with Gasteiger partial charge in [0, 0.05) is 0 Å². The highest BCUT2D eigenvalue weighted by Crippen LogP contribution is 2.41. The van der Waals surface area contributed by atoms with Gasteiger partial charge in [0.2, 0.25) is 0 Å². The molecular weight excluding hydrogens is 172 g/mol. The molecule has 0 saturated carbocycles. The topological polar surface area (TPSA) is 58.9 Å². The Morgan fingerprint density at radius 2 is 2.08 bits per heavy atom. The van der Waals surface area contributed by atoms with E-state index in [2.05, 4.69) is 6.92 Å². The van der Waals surface area contributed by atoms with Crippen molar-refractivity contribution < 1.29 is 19.7 Å². The van der Waals surface area contributed by atoms with Crippen LogP contribution in [0.1, 0.15) is 19.8 Å². The van der Waals surface area contributed by atoms with Crippen molar-refractivity contribution in [3.63, 3.8) is 0 Å². The number of ether oxygens (including phenoxy) is 2. The SMILES string of the molecule is CCC[C@H]1OC[C@]2(O)CO[C@@H](O)[C@H]12. The Labute approximate surface area is 77.5 Å². The highest BCUT2D eigenvalue weighted by Gasteiger charge is 2.56. The third kappa shape index (κ3) is 1.38. The van der Waals surface area contributed by atoms with Crippen molar-refractivity contribution in [3.05, 3.63) is 0 Å². The summed E-state index contributed by atoms with van der Waals surface area (Å²) < 4.78 is 10.5. The van der Waals surface area contributed by atoms with Crippen LogP contribution in [0.2, 0.25) is 0 Å². The van der Waals surface area contributed by atoms with Gasteiger partial charge in [0.1, 0.15) is 5.60 Å². The fraction of sp³-hybridized carbons (Fsp3) is 1.00. The van der Waals surface area contributed by atoms with Gasteiger partial charge >= 0.3 is 0 Å². The van der Waals surface area contributed by atoms with Crippen molar-refractivity contribution >= 4 is 0 Å². The number of aliphatic hydroxyl groups excluding tert-OH is 1. The first kappa shape index (κ1) is 9.40. The maximum Gasteiger partial charge on any atom is 0.162 e. The Kier molecular flexibility index (Phi) is 2.32. The third-order valence-electron chi connectivity index (χ3n) is 2.95. The van der Waals surface area contributed by atoms with E-state index in [1.807, 2.05) is 0 Å². The normalized spacial score (nSPS) is 49.6. The molecule has 0 aromatic carbocycles. The molecule has 0 amide bonds. The number of fused-ring (bicyclic) bond motifs is 1. The van der Waals surface area contributed by atoms with Gasteiger partial charge in [-0.25, -0.2) is 0 Å². The van der Waals surface area contributed by atoms with E-state index in [-0.39, 0.29) is 18.6 Å². The number of hydrogen-bond donors (Lipinski definition) is 2. The molecule has 0 unspecified atom stereocenters. The van der Waals surface area contributed by atoms with E-state index in [1.54, 1.807) is 0 Å². The zero-order chi connectivity index (χ0) is 9.47. The van der Waals surface area contributed by atoms with Crippen molar-refractivity contribution in [2.24, 2.45) is 5.92 Å². The first-order valence-corrected chi connectivity index (χ1v) is 4.81. The minimum Gasteiger partial charge on any atom is -0.384 e. The summed E-state index contributed by atoms with van der Waals surface area (Å²) in [6, 6.07) is 0. The summed E-state index contributed by atoms with van der Waals surface area (Å²) in [5, 5.41) is 19.5. The largest absolute Gasteiger partial charge is 0.384 e. The van der Waals surface area contributed by atoms with Crippen molar-refractivity contribution in [1.82, 2.24) is 0 Å². The lowest BCUT2D eigenvalue weighted by molar-refractivity contribution is -0.109. The molecule has 2 aliphatic heterocycles. The summed E-state index contributed by atoms with van der Waals surface area (Å²) in [5.41, 5.74) is -0.945. The van der Waals surface area contributed by atoms with Crippen LogP contribution in [0, 0.1) is 5.92 Å². The molecule has 0 aromatic rings. The Balaban J connectivity index is 2.10. The molecule has 76 valence electrons. The van der Waals surface area contributed by atoms with Crippen LogP contribution in [-0.2, 0) is 9.47 Å². The average molecular weight is 188 g/mol. The summed E-state index contributed by atoms with van der Waals surface area (Å²) >= 11 is 0. The van der Waals surface area contributed by atoms with Gasteiger partial charge in [-0.2, -0.15) is 0 Å². The second-order valence-electron chi connectivity index (χ2n) is 3.97. The molecule has 2 heterocycles. The molecule has 0 spiro atoms. The van der Waals surface area contributed by atoms with Crippen molar-refractivity contribution in [2.75, 3.05) is 13.2 Å². The van der Waals surface area contributed by atoms with E-state index in [9.17, 15) is 10.2 Å². The smallest absolute Gasteiger partial charge is 0.162 e. The van der Waals surface area contributed by atoms with Crippen LogP contribution in [0.5, 0.6) is 0 Å². The number of rotatable bonds is 2. The molecule has 2 rings (SSSR count). The standard InChI is InChI=1S/C9H16O4/c1-2-3-6-7-8(10)13-5-9(7,11)4-12-6/h6-8,10-11H,2-5H2,1H3/t6-,7+,8-,9+/m1/s1. The number of aliphatic hydroxyl groups is 2. The van der Waals surface area contributed by atoms with Crippen LogP contribution in [0.4, 0.5) is 0 Å². The minimum absolute atomic E-state index is 0.0486. The van der Waals surface area contributed by atoms with Crippen LogP contribution in [0.25, 0.3) is 0 Å². The van der Waals surface area contributed by atoms with Gasteiger partial charge in [0.05, 0.1) is 25.2 Å². The summed E-state index contributed by atoms with van der Waals surface area (Å²) in [7, 11) is 0. The van der Waals surface area contributed by atoms with Crippen molar-refractivity contribution in [3.8, 4) is 0 Å². The summed E-state index contributed by atoms with van der Waals surface area (Å²) in [5.74, 6) is -0.257. The summed E-state index contributed by atoms with van der Waals surface area (Å²) in [6.07, 6.45) is 0.953. The van der Waals surface area contributed by atoms with E-state index in [1.165, 1.54) is 0 Å². The maximum absolute atomic E-state index is 9.99. The quantitative estimate of drug-likeness (QED) is 0.634. The van der Waals surface area contributed by atoms with Crippen LogP contribution in [0.3, 0.4) is 0 Å². The second kappa shape index (κ2) is 3.20. The lowest BCUT2D eigenvalue weighted by Gasteiger charge is -2.21. The molecule has 2 fully saturated rings. The first-order chi connectivity index (χ1) is 6.17. The van der Waals surface area contributed by atoms with E-state index < -0.39 is 11.9 Å². The lowest BCUT2D eigenvalue weighted by atomic mass is 9.87. The highest BCUT2D eigenvalue weighted by molar-refractivity contribution is 5.01. The molecule has 2 aliphatic rings. The van der Waals surface area contributed by atoms with E-state index in [4.69, 9.17) is 9.47 Å². The Bertz CT molecular complexity index is 196. The van der Waals surface area contributed by atoms with Crippen LogP contribution in [0.15, 0.2) is 0 Å². The van der Waals surface area contributed by atoms with Crippen molar-refractivity contribution in [2.45, 2.75) is 37.8 Å². The van der Waals surface area contributed by atoms with Gasteiger partial charge in [-0.05, 0) is 6.42 Å². The maximum atomic E-state index is 9.99. The fourth-order valence-corrected chi connectivity index (χ4v) is 2.26. The van der Waals surface area contributed by atoms with E-state index in [0.29, 0.717) is 6.61 Å². The first-order valence-electron chi connectivity index (χ1n) is 4.81. The van der Waals surface area contributed by atoms with Crippen LogP contribution < -0.4 is 0 Å². The highest BCUT2D eigenvalue weighted by atomic mass is 16.6. The molecule has 0 aliphatic carbocycles. The van der Waals surface area contributed by atoms with Crippen LogP contribution in [-0.4, -0.2) is 41.4 Å². The zero-order valence-electron chi connectivity index (χ0n) is 7.77. The Hall–Kier alpha value is -0.160. The lowest BCUT2D eigenvalue weighted by Crippen LogP contribution is -2.40. The van der Waals surface area contributed by atoms with Gasteiger partial charge in [0.25, 0.3) is 0 Å². The van der Waals surface area contributed by atoms with Gasteiger partial charge in [-0.1, -0.05) is 13.3 Å². The molecular formula is C9H16O4. The molecule has 0 radical (unpaired) electrons. The molecule has 2 N–H and O–H groups in total. The molecule has 4 heteroatoms. The third-order valence-corrected chi connectivity index (χ3v) is 2.95. The number of hydrogen-bond acceptors (Lipinski definition) is 4. The minimum atomic E-state index is -0.945. The van der Waals surface area contributed by atoms with Gasteiger partial charge < -0.3 is 19.7 Å². The molecule has 2 saturated heterocycles.